The number of nitrogens with one attached hydrogen (secondary N) is 2. The van der Waals surface area contributed by atoms with E-state index in [2.05, 4.69) is 36.5 Å². The number of aromatic nitrogens is 2. The van der Waals surface area contributed by atoms with Crippen LogP contribution in [0.2, 0.25) is 0 Å². The minimum atomic E-state index is -0.507. The summed E-state index contributed by atoms with van der Waals surface area (Å²) in [5.41, 5.74) is 2.61. The largest absolute Gasteiger partial charge is 0.367 e. The maximum atomic E-state index is 11.2. The second-order valence-corrected chi connectivity index (χ2v) is 5.27. The lowest BCUT2D eigenvalue weighted by Crippen LogP contribution is -2.05. The van der Waals surface area contributed by atoms with Crippen molar-refractivity contribution in [3.8, 4) is 0 Å². The molecule has 21 heavy (non-hydrogen) atoms. The summed E-state index contributed by atoms with van der Waals surface area (Å²) >= 11 is 3.49. The summed E-state index contributed by atoms with van der Waals surface area (Å²) in [5.74, 6) is 0.323. The molecule has 8 heteroatoms. The highest BCUT2D eigenvalue weighted by Crippen LogP contribution is 2.32. The SMILES string of the molecule is CNc1ncnc(Nc2cc(C)c(Br)c(C)c2)c1[N+](=O)[O-]. The van der Waals surface area contributed by atoms with Crippen molar-refractivity contribution in [3.63, 3.8) is 0 Å². The Bertz CT molecular complexity index is 682. The third-order valence-electron chi connectivity index (χ3n) is 2.94. The minimum Gasteiger partial charge on any atom is -0.367 e. The van der Waals surface area contributed by atoms with Crippen molar-refractivity contribution < 1.29 is 4.92 Å². The van der Waals surface area contributed by atoms with E-state index in [0.717, 1.165) is 21.3 Å². The lowest BCUT2D eigenvalue weighted by Gasteiger charge is -2.11. The monoisotopic (exact) mass is 351 g/mol. The maximum Gasteiger partial charge on any atom is 0.353 e. The van der Waals surface area contributed by atoms with Gasteiger partial charge in [-0.1, -0.05) is 15.9 Å². The Morgan fingerprint density at radius 1 is 1.19 bits per heavy atom. The van der Waals surface area contributed by atoms with Gasteiger partial charge in [-0.15, -0.1) is 0 Å². The first kappa shape index (κ1) is 15.2. The Morgan fingerprint density at radius 3 is 2.29 bits per heavy atom. The zero-order valence-corrected chi connectivity index (χ0v) is 13.4. The molecule has 0 radical (unpaired) electrons. The van der Waals surface area contributed by atoms with Crippen molar-refractivity contribution in [2.24, 2.45) is 0 Å². The predicted octanol–water partition coefficient (Wildman–Crippen LogP) is 3.55. The molecule has 0 unspecified atom stereocenters. The fourth-order valence-electron chi connectivity index (χ4n) is 1.98. The Balaban J connectivity index is 2.47. The second-order valence-electron chi connectivity index (χ2n) is 4.48. The highest BCUT2D eigenvalue weighted by Gasteiger charge is 2.22. The molecule has 0 fully saturated rings. The van der Waals surface area contributed by atoms with Crippen molar-refractivity contribution in [1.29, 1.82) is 0 Å². The molecule has 0 aliphatic heterocycles. The molecule has 0 atom stereocenters. The van der Waals surface area contributed by atoms with Gasteiger partial charge in [0.1, 0.15) is 6.33 Å². The van der Waals surface area contributed by atoms with E-state index in [1.165, 1.54) is 6.33 Å². The Morgan fingerprint density at radius 2 is 1.76 bits per heavy atom. The van der Waals surface area contributed by atoms with E-state index in [4.69, 9.17) is 0 Å². The molecule has 0 aliphatic rings. The quantitative estimate of drug-likeness (QED) is 0.646. The number of halogens is 1. The van der Waals surface area contributed by atoms with Crippen molar-refractivity contribution in [1.82, 2.24) is 9.97 Å². The van der Waals surface area contributed by atoms with Crippen LogP contribution in [0.4, 0.5) is 23.0 Å². The van der Waals surface area contributed by atoms with Crippen LogP contribution in [-0.2, 0) is 0 Å². The van der Waals surface area contributed by atoms with Gasteiger partial charge >= 0.3 is 5.69 Å². The molecule has 2 N–H and O–H groups in total. The van der Waals surface area contributed by atoms with Gasteiger partial charge < -0.3 is 10.6 Å². The molecule has 0 saturated carbocycles. The van der Waals surface area contributed by atoms with Crippen LogP contribution in [-0.4, -0.2) is 21.9 Å². The van der Waals surface area contributed by atoms with Gasteiger partial charge in [-0.25, -0.2) is 9.97 Å². The van der Waals surface area contributed by atoms with Crippen LogP contribution in [0, 0.1) is 24.0 Å². The molecule has 7 nitrogen and oxygen atoms in total. The maximum absolute atomic E-state index is 11.2. The Hall–Kier alpha value is -2.22. The Labute approximate surface area is 130 Å². The van der Waals surface area contributed by atoms with E-state index in [1.807, 2.05) is 26.0 Å². The summed E-state index contributed by atoms with van der Waals surface area (Å²) in [6.07, 6.45) is 1.28. The molecule has 1 aromatic heterocycles. The molecule has 0 spiro atoms. The molecule has 1 heterocycles. The van der Waals surface area contributed by atoms with E-state index >= 15 is 0 Å². The van der Waals surface area contributed by atoms with Crippen molar-refractivity contribution in [3.05, 3.63) is 44.2 Å². The van der Waals surface area contributed by atoms with Gasteiger partial charge in [0.25, 0.3) is 0 Å². The molecule has 0 saturated heterocycles. The van der Waals surface area contributed by atoms with Gasteiger partial charge in [-0.3, -0.25) is 10.1 Å². The molecule has 2 aromatic rings. The summed E-state index contributed by atoms with van der Waals surface area (Å²) in [4.78, 5) is 18.5. The number of rotatable bonds is 4. The minimum absolute atomic E-state index is 0.153. The fraction of sp³-hybridized carbons (Fsp3) is 0.231. The highest BCUT2D eigenvalue weighted by atomic mass is 79.9. The first-order chi connectivity index (χ1) is 9.93. The third-order valence-corrected chi connectivity index (χ3v) is 4.19. The lowest BCUT2D eigenvalue weighted by atomic mass is 10.1. The average molecular weight is 352 g/mol. The lowest BCUT2D eigenvalue weighted by molar-refractivity contribution is -0.383. The zero-order chi connectivity index (χ0) is 15.6. The normalized spacial score (nSPS) is 10.3. The van der Waals surface area contributed by atoms with Gasteiger partial charge in [0.2, 0.25) is 11.6 Å². The fourth-order valence-corrected chi connectivity index (χ4v) is 2.21. The number of hydrogen-bond acceptors (Lipinski definition) is 6. The Kier molecular flexibility index (Phi) is 4.37. The van der Waals surface area contributed by atoms with E-state index in [0.29, 0.717) is 0 Å². The van der Waals surface area contributed by atoms with Crippen molar-refractivity contribution in [2.45, 2.75) is 13.8 Å². The van der Waals surface area contributed by atoms with Crippen LogP contribution in [0.15, 0.2) is 22.9 Å². The van der Waals surface area contributed by atoms with E-state index < -0.39 is 4.92 Å². The van der Waals surface area contributed by atoms with E-state index in [1.54, 1.807) is 7.05 Å². The number of aryl methyl sites for hydroxylation is 2. The second kappa shape index (κ2) is 6.04. The first-order valence-electron chi connectivity index (χ1n) is 6.15. The molecular weight excluding hydrogens is 338 g/mol. The van der Waals surface area contributed by atoms with Crippen LogP contribution in [0.3, 0.4) is 0 Å². The standard InChI is InChI=1S/C13H14BrN5O2/c1-7-4-9(5-8(2)10(7)14)18-13-11(19(20)21)12(15-3)16-6-17-13/h4-6H,1-3H3,(H2,15,16,17,18). The smallest absolute Gasteiger partial charge is 0.353 e. The average Bonchev–Trinajstić information content (AvgIpc) is 2.44. The molecular formula is C13H14BrN5O2. The summed E-state index contributed by atoms with van der Waals surface area (Å²) in [6, 6.07) is 3.78. The highest BCUT2D eigenvalue weighted by molar-refractivity contribution is 9.10. The van der Waals surface area contributed by atoms with E-state index in [9.17, 15) is 10.1 Å². The van der Waals surface area contributed by atoms with Crippen LogP contribution in [0.1, 0.15) is 11.1 Å². The molecule has 0 bridgehead atoms. The number of nitrogens with zero attached hydrogens (tertiary/aromatic N) is 3. The summed E-state index contributed by atoms with van der Waals surface area (Å²) in [6.45, 7) is 3.91. The molecule has 2 rings (SSSR count). The number of benzene rings is 1. The molecule has 0 aliphatic carbocycles. The molecule has 110 valence electrons. The van der Waals surface area contributed by atoms with E-state index in [-0.39, 0.29) is 17.3 Å². The first-order valence-corrected chi connectivity index (χ1v) is 6.94. The number of anilines is 3. The summed E-state index contributed by atoms with van der Waals surface area (Å²) in [5, 5.41) is 16.9. The van der Waals surface area contributed by atoms with Crippen LogP contribution in [0.25, 0.3) is 0 Å². The van der Waals surface area contributed by atoms with Crippen LogP contribution < -0.4 is 10.6 Å². The van der Waals surface area contributed by atoms with Gasteiger partial charge in [0, 0.05) is 17.2 Å². The van der Waals surface area contributed by atoms with Crippen LogP contribution in [0.5, 0.6) is 0 Å². The number of hydrogen-bond donors (Lipinski definition) is 2. The number of nitro groups is 1. The zero-order valence-electron chi connectivity index (χ0n) is 11.8. The van der Waals surface area contributed by atoms with Crippen molar-refractivity contribution in [2.75, 3.05) is 17.7 Å². The summed E-state index contributed by atoms with van der Waals surface area (Å²) in [7, 11) is 1.58. The summed E-state index contributed by atoms with van der Waals surface area (Å²) < 4.78 is 1.01. The predicted molar refractivity (Wildman–Crippen MR) is 85.1 cm³/mol. The van der Waals surface area contributed by atoms with Crippen molar-refractivity contribution >= 4 is 38.9 Å². The molecule has 0 amide bonds. The van der Waals surface area contributed by atoms with Gasteiger partial charge in [0.15, 0.2) is 0 Å². The van der Waals surface area contributed by atoms with Crippen LogP contribution >= 0.6 is 15.9 Å². The third kappa shape index (κ3) is 3.10. The topological polar surface area (TPSA) is 93.0 Å². The van der Waals surface area contributed by atoms with Gasteiger partial charge in [0.05, 0.1) is 4.92 Å². The van der Waals surface area contributed by atoms with Gasteiger partial charge in [-0.05, 0) is 37.1 Å². The molecule has 1 aromatic carbocycles. The van der Waals surface area contributed by atoms with Gasteiger partial charge in [-0.2, -0.15) is 0 Å².